The fraction of sp³-hybridized carbons (Fsp3) is 0.650. The number of benzene rings is 1. The number of hydrogen-bond acceptors (Lipinski definition) is 3. The van der Waals surface area contributed by atoms with Crippen molar-refractivity contribution in [3.05, 3.63) is 30.3 Å². The number of rotatable bonds is 3. The molecule has 0 spiro atoms. The Bertz CT molecular complexity index is 556. The first-order valence-corrected chi connectivity index (χ1v) is 9.58. The van der Waals surface area contributed by atoms with Gasteiger partial charge in [0.25, 0.3) is 0 Å². The lowest BCUT2D eigenvalue weighted by Crippen LogP contribution is -2.50. The molecular formula is C20H28N2O2. The predicted octanol–water partition coefficient (Wildman–Crippen LogP) is 4.28. The van der Waals surface area contributed by atoms with E-state index < -0.39 is 0 Å². The SMILES string of the molecule is O=C(Nc1ccccc1)O[C@@H]1[C@H]2CC[C@@H]1[C@H](N1CCCCC1)CC2. The average Bonchev–Trinajstić information content (AvgIpc) is 2.87. The summed E-state index contributed by atoms with van der Waals surface area (Å²) in [5.41, 5.74) is 0.804. The molecule has 1 saturated heterocycles. The summed E-state index contributed by atoms with van der Waals surface area (Å²) in [6.07, 6.45) is 8.77. The molecule has 0 radical (unpaired) electrons. The van der Waals surface area contributed by atoms with Crippen LogP contribution in [0.1, 0.15) is 44.9 Å². The highest BCUT2D eigenvalue weighted by Gasteiger charge is 2.48. The summed E-state index contributed by atoms with van der Waals surface area (Å²) in [4.78, 5) is 15.0. The second-order valence-electron chi connectivity index (χ2n) is 7.60. The Morgan fingerprint density at radius 1 is 1.00 bits per heavy atom. The van der Waals surface area contributed by atoms with E-state index in [0.29, 0.717) is 17.9 Å². The van der Waals surface area contributed by atoms with Crippen molar-refractivity contribution in [1.29, 1.82) is 0 Å². The van der Waals surface area contributed by atoms with Gasteiger partial charge in [0.1, 0.15) is 6.10 Å². The van der Waals surface area contributed by atoms with E-state index in [1.807, 2.05) is 30.3 Å². The van der Waals surface area contributed by atoms with Gasteiger partial charge in [-0.3, -0.25) is 10.2 Å². The van der Waals surface area contributed by atoms with Gasteiger partial charge in [-0.15, -0.1) is 0 Å². The number of ether oxygens (including phenoxy) is 1. The Kier molecular flexibility index (Phi) is 4.74. The zero-order chi connectivity index (χ0) is 16.4. The van der Waals surface area contributed by atoms with Gasteiger partial charge in [0.15, 0.2) is 0 Å². The van der Waals surface area contributed by atoms with Crippen molar-refractivity contribution in [2.24, 2.45) is 11.8 Å². The van der Waals surface area contributed by atoms with Crippen LogP contribution in [0.5, 0.6) is 0 Å². The first-order chi connectivity index (χ1) is 11.8. The summed E-state index contributed by atoms with van der Waals surface area (Å²) >= 11 is 0. The van der Waals surface area contributed by atoms with Crippen LogP contribution < -0.4 is 5.32 Å². The first kappa shape index (κ1) is 15.9. The van der Waals surface area contributed by atoms with E-state index in [2.05, 4.69) is 10.2 Å². The van der Waals surface area contributed by atoms with E-state index in [0.717, 1.165) is 5.69 Å². The molecule has 0 unspecified atom stereocenters. The maximum Gasteiger partial charge on any atom is 0.411 e. The molecule has 4 rings (SSSR count). The Balaban J connectivity index is 1.40. The molecule has 1 aliphatic heterocycles. The Morgan fingerprint density at radius 2 is 1.75 bits per heavy atom. The molecule has 1 aromatic carbocycles. The van der Waals surface area contributed by atoms with Crippen molar-refractivity contribution in [3.8, 4) is 0 Å². The number of hydrogen-bond donors (Lipinski definition) is 1. The molecule has 2 aliphatic carbocycles. The van der Waals surface area contributed by atoms with Gasteiger partial charge < -0.3 is 4.74 Å². The van der Waals surface area contributed by atoms with Crippen molar-refractivity contribution >= 4 is 11.8 Å². The molecule has 4 atom stereocenters. The summed E-state index contributed by atoms with van der Waals surface area (Å²) < 4.78 is 5.93. The van der Waals surface area contributed by atoms with Gasteiger partial charge in [0, 0.05) is 17.6 Å². The fourth-order valence-electron chi connectivity index (χ4n) is 5.08. The minimum Gasteiger partial charge on any atom is -0.445 e. The number of nitrogens with one attached hydrogen (secondary N) is 1. The topological polar surface area (TPSA) is 41.6 Å². The molecule has 24 heavy (non-hydrogen) atoms. The van der Waals surface area contributed by atoms with Crippen molar-refractivity contribution < 1.29 is 9.53 Å². The lowest BCUT2D eigenvalue weighted by atomic mass is 9.81. The van der Waals surface area contributed by atoms with Crippen molar-refractivity contribution in [2.75, 3.05) is 18.4 Å². The fourth-order valence-corrected chi connectivity index (χ4v) is 5.08. The summed E-state index contributed by atoms with van der Waals surface area (Å²) in [7, 11) is 0. The third-order valence-corrected chi connectivity index (χ3v) is 6.21. The van der Waals surface area contributed by atoms with Crippen LogP contribution in [0.15, 0.2) is 30.3 Å². The standard InChI is InChI=1S/C20H28N2O2/c23-20(21-16-7-3-1-4-8-16)24-19-15-9-11-17(19)18(12-10-15)22-13-5-2-6-14-22/h1,3-4,7-8,15,17-19H,2,5-6,9-14H2,(H,21,23)/t15-,17+,18+,19+/m0/s1. The third kappa shape index (κ3) is 3.30. The number of amides is 1. The highest BCUT2D eigenvalue weighted by atomic mass is 16.6. The maximum atomic E-state index is 12.3. The molecule has 130 valence electrons. The zero-order valence-corrected chi connectivity index (χ0v) is 14.3. The van der Waals surface area contributed by atoms with Crippen LogP contribution in [0.2, 0.25) is 0 Å². The Morgan fingerprint density at radius 3 is 2.54 bits per heavy atom. The minimum atomic E-state index is -0.289. The number of anilines is 1. The smallest absolute Gasteiger partial charge is 0.411 e. The van der Waals surface area contributed by atoms with Gasteiger partial charge in [-0.1, -0.05) is 24.6 Å². The highest BCUT2D eigenvalue weighted by molar-refractivity contribution is 5.84. The summed E-state index contributed by atoms with van der Waals surface area (Å²) in [6.45, 7) is 2.46. The third-order valence-electron chi connectivity index (χ3n) is 6.21. The van der Waals surface area contributed by atoms with Crippen molar-refractivity contribution in [2.45, 2.75) is 57.1 Å². The molecule has 1 N–H and O–H groups in total. The molecular weight excluding hydrogens is 300 g/mol. The second-order valence-corrected chi connectivity index (χ2v) is 7.60. The van der Waals surface area contributed by atoms with Crippen LogP contribution in [0.4, 0.5) is 10.5 Å². The van der Waals surface area contributed by atoms with Gasteiger partial charge in [0.2, 0.25) is 0 Å². The van der Waals surface area contributed by atoms with E-state index in [9.17, 15) is 4.79 Å². The number of fused-ring (bicyclic) bond motifs is 2. The van der Waals surface area contributed by atoms with Crippen molar-refractivity contribution in [1.82, 2.24) is 4.90 Å². The zero-order valence-electron chi connectivity index (χ0n) is 14.3. The van der Waals surface area contributed by atoms with Crippen LogP contribution in [0, 0.1) is 11.8 Å². The molecule has 1 amide bonds. The van der Waals surface area contributed by atoms with Crippen LogP contribution >= 0.6 is 0 Å². The average molecular weight is 328 g/mol. The van der Waals surface area contributed by atoms with Crippen LogP contribution in [0.3, 0.4) is 0 Å². The van der Waals surface area contributed by atoms with Crippen LogP contribution in [-0.2, 0) is 4.74 Å². The minimum absolute atomic E-state index is 0.106. The van der Waals surface area contributed by atoms with E-state index in [1.165, 1.54) is 58.0 Å². The van der Waals surface area contributed by atoms with Gasteiger partial charge >= 0.3 is 6.09 Å². The largest absolute Gasteiger partial charge is 0.445 e. The van der Waals surface area contributed by atoms with Gasteiger partial charge in [0.05, 0.1) is 0 Å². The normalized spacial score (nSPS) is 33.2. The number of carbonyl (C=O) groups excluding carboxylic acids is 1. The van der Waals surface area contributed by atoms with Gasteiger partial charge in [-0.05, 0) is 69.7 Å². The molecule has 4 nitrogen and oxygen atoms in total. The monoisotopic (exact) mass is 328 g/mol. The van der Waals surface area contributed by atoms with Crippen molar-refractivity contribution in [3.63, 3.8) is 0 Å². The van der Waals surface area contributed by atoms with Crippen LogP contribution in [-0.4, -0.2) is 36.2 Å². The van der Waals surface area contributed by atoms with E-state index in [1.54, 1.807) is 0 Å². The quantitative estimate of drug-likeness (QED) is 0.900. The molecule has 1 aromatic rings. The molecule has 2 saturated carbocycles. The highest BCUT2D eigenvalue weighted by Crippen LogP contribution is 2.46. The predicted molar refractivity (Wildman–Crippen MR) is 95.0 cm³/mol. The van der Waals surface area contributed by atoms with E-state index in [-0.39, 0.29) is 12.2 Å². The molecule has 3 fully saturated rings. The lowest BCUT2D eigenvalue weighted by Gasteiger charge is -2.43. The molecule has 1 heterocycles. The van der Waals surface area contributed by atoms with E-state index in [4.69, 9.17) is 4.74 Å². The molecule has 0 aromatic heterocycles. The Labute approximate surface area is 144 Å². The number of piperidine rings is 1. The van der Waals surface area contributed by atoms with Gasteiger partial charge in [-0.2, -0.15) is 0 Å². The summed E-state index contributed by atoms with van der Waals surface area (Å²) in [5.74, 6) is 1.10. The van der Waals surface area contributed by atoms with E-state index >= 15 is 0 Å². The molecule has 3 aliphatic rings. The Hall–Kier alpha value is -1.55. The lowest BCUT2D eigenvalue weighted by molar-refractivity contribution is -0.0139. The molecule has 2 bridgehead atoms. The number of nitrogens with zero attached hydrogens (tertiary/aromatic N) is 1. The summed E-state index contributed by atoms with van der Waals surface area (Å²) in [5, 5.41) is 2.88. The van der Waals surface area contributed by atoms with Gasteiger partial charge in [-0.25, -0.2) is 4.79 Å². The first-order valence-electron chi connectivity index (χ1n) is 9.58. The summed E-state index contributed by atoms with van der Waals surface area (Å²) in [6, 6.07) is 10.2. The van der Waals surface area contributed by atoms with Crippen LogP contribution in [0.25, 0.3) is 0 Å². The molecule has 4 heteroatoms. The number of para-hydroxylation sites is 1. The number of carbonyl (C=O) groups is 1. The second kappa shape index (κ2) is 7.14. The maximum absolute atomic E-state index is 12.3. The number of likely N-dealkylation sites (tertiary alicyclic amines) is 1.